The lowest BCUT2D eigenvalue weighted by Crippen LogP contribution is -2.47. The Morgan fingerprint density at radius 1 is 1.09 bits per heavy atom. The summed E-state index contributed by atoms with van der Waals surface area (Å²) in [5.74, 6) is 1.01. The van der Waals surface area contributed by atoms with Crippen molar-refractivity contribution in [3.05, 3.63) is 28.5 Å². The highest BCUT2D eigenvalue weighted by atomic mass is 79.9. The molecule has 0 spiro atoms. The van der Waals surface area contributed by atoms with Crippen LogP contribution in [0.2, 0.25) is 16.6 Å². The van der Waals surface area contributed by atoms with Crippen LogP contribution in [0.1, 0.15) is 47.4 Å². The molecule has 0 aliphatic carbocycles. The van der Waals surface area contributed by atoms with Crippen LogP contribution in [0.4, 0.5) is 0 Å². The van der Waals surface area contributed by atoms with E-state index in [1.807, 2.05) is 0 Å². The molecule has 0 aliphatic heterocycles. The highest BCUT2D eigenvalue weighted by Crippen LogP contribution is 2.42. The number of aromatic nitrogens is 2. The van der Waals surface area contributed by atoms with Crippen LogP contribution in [0, 0.1) is 0 Å². The van der Waals surface area contributed by atoms with Gasteiger partial charge in [-0.05, 0) is 34.8 Å². The Labute approximate surface area is 149 Å². The lowest BCUT2D eigenvalue weighted by atomic mass is 10.3. The van der Waals surface area contributed by atoms with Gasteiger partial charge in [0, 0.05) is 11.5 Å². The monoisotopic (exact) mass is 396 g/mol. The maximum atomic E-state index is 6.68. The summed E-state index contributed by atoms with van der Waals surface area (Å²) in [6.07, 6.45) is 0. The summed E-state index contributed by atoms with van der Waals surface area (Å²) in [6, 6.07) is 6.23. The summed E-state index contributed by atoms with van der Waals surface area (Å²) in [4.78, 5) is 4.78. The van der Waals surface area contributed by atoms with Crippen molar-refractivity contribution in [1.82, 2.24) is 9.55 Å². The van der Waals surface area contributed by atoms with Crippen molar-refractivity contribution in [3.63, 3.8) is 0 Å². The molecular weight excluding hydrogens is 368 g/mol. The number of nitrogens with zero attached hydrogens (tertiary/aromatic N) is 2. The minimum atomic E-state index is -1.86. The van der Waals surface area contributed by atoms with Gasteiger partial charge in [0.1, 0.15) is 5.82 Å². The predicted molar refractivity (Wildman–Crippen MR) is 104 cm³/mol. The number of benzene rings is 1. The van der Waals surface area contributed by atoms with Gasteiger partial charge in [-0.15, -0.1) is 0 Å². The van der Waals surface area contributed by atoms with Gasteiger partial charge >= 0.3 is 0 Å². The molecule has 5 heteroatoms. The maximum Gasteiger partial charge on any atom is 0.201 e. The van der Waals surface area contributed by atoms with Gasteiger partial charge in [-0.1, -0.05) is 57.5 Å². The van der Waals surface area contributed by atoms with Crippen molar-refractivity contribution in [2.45, 2.75) is 64.8 Å². The van der Waals surface area contributed by atoms with E-state index in [0.29, 0.717) is 23.2 Å². The fraction of sp³-hybridized carbons (Fsp3) is 0.611. The zero-order valence-corrected chi connectivity index (χ0v) is 17.9. The summed E-state index contributed by atoms with van der Waals surface area (Å²) in [6.45, 7) is 14.5. The molecule has 3 nitrogen and oxygen atoms in total. The van der Waals surface area contributed by atoms with E-state index in [1.165, 1.54) is 0 Å². The third-order valence-corrected chi connectivity index (χ3v) is 11.6. The Kier molecular flexibility index (Phi) is 5.75. The van der Waals surface area contributed by atoms with Gasteiger partial charge in [-0.2, -0.15) is 0 Å². The SMILES string of the molecule is CC(C)[Si](OCc1nc2cc(Br)ccc2n1C)(C(C)C)C(C)C. The molecule has 0 N–H and O–H groups in total. The Morgan fingerprint density at radius 2 is 1.65 bits per heavy atom. The molecular formula is C18H29BrN2OSi. The number of aryl methyl sites for hydroxylation is 1. The molecule has 1 aromatic carbocycles. The summed E-state index contributed by atoms with van der Waals surface area (Å²) >= 11 is 3.52. The Balaban J connectivity index is 2.33. The number of rotatable bonds is 6. The standard InChI is InChI=1S/C18H29BrN2OSi/c1-12(2)23(13(3)4,14(5)6)22-11-18-20-16-10-15(19)8-9-17(16)21(18)7/h8-10,12-14H,11H2,1-7H3. The summed E-state index contributed by atoms with van der Waals surface area (Å²) in [5, 5.41) is 0. The van der Waals surface area contributed by atoms with E-state index in [0.717, 1.165) is 21.3 Å². The Hall–Kier alpha value is -0.653. The van der Waals surface area contributed by atoms with Gasteiger partial charge < -0.3 is 8.99 Å². The first-order chi connectivity index (χ1) is 10.7. The van der Waals surface area contributed by atoms with E-state index in [2.05, 4.69) is 87.3 Å². The van der Waals surface area contributed by atoms with E-state index >= 15 is 0 Å². The molecule has 1 aromatic heterocycles. The third kappa shape index (κ3) is 3.42. The molecule has 0 unspecified atom stereocenters. The minimum absolute atomic E-state index is 0.589. The summed E-state index contributed by atoms with van der Waals surface area (Å²) < 4.78 is 9.90. The van der Waals surface area contributed by atoms with Gasteiger partial charge in [0.05, 0.1) is 17.6 Å². The normalized spacial score (nSPS) is 13.0. The van der Waals surface area contributed by atoms with Crippen LogP contribution in [-0.4, -0.2) is 17.9 Å². The molecule has 1 heterocycles. The van der Waals surface area contributed by atoms with E-state index in [9.17, 15) is 0 Å². The number of fused-ring (bicyclic) bond motifs is 1. The van der Waals surface area contributed by atoms with Crippen molar-refractivity contribution >= 4 is 35.3 Å². The van der Waals surface area contributed by atoms with Crippen LogP contribution in [0.15, 0.2) is 22.7 Å². The third-order valence-electron chi connectivity index (χ3n) is 5.09. The van der Waals surface area contributed by atoms with Crippen molar-refractivity contribution in [2.75, 3.05) is 0 Å². The average Bonchev–Trinajstić information content (AvgIpc) is 2.74. The number of imidazole rings is 1. The molecule has 2 aromatic rings. The lowest BCUT2D eigenvalue weighted by Gasteiger charge is -2.42. The van der Waals surface area contributed by atoms with Crippen LogP contribution < -0.4 is 0 Å². The van der Waals surface area contributed by atoms with Crippen LogP contribution >= 0.6 is 15.9 Å². The summed E-state index contributed by atoms with van der Waals surface area (Å²) in [5.41, 5.74) is 3.94. The molecule has 0 atom stereocenters. The molecule has 0 saturated carbocycles. The van der Waals surface area contributed by atoms with Crippen molar-refractivity contribution in [2.24, 2.45) is 7.05 Å². The second kappa shape index (κ2) is 7.07. The summed E-state index contributed by atoms with van der Waals surface area (Å²) in [7, 11) is 0.219. The van der Waals surface area contributed by atoms with Gasteiger partial charge in [0.15, 0.2) is 0 Å². The number of hydrogen-bond donors (Lipinski definition) is 0. The first-order valence-electron chi connectivity index (χ1n) is 8.45. The number of hydrogen-bond acceptors (Lipinski definition) is 2. The van der Waals surface area contributed by atoms with Gasteiger partial charge in [0.2, 0.25) is 8.32 Å². The predicted octanol–water partition coefficient (Wildman–Crippen LogP) is 6.03. The second-order valence-corrected chi connectivity index (χ2v) is 13.7. The minimum Gasteiger partial charge on any atom is -0.409 e. The van der Waals surface area contributed by atoms with Gasteiger partial charge in [-0.25, -0.2) is 4.98 Å². The van der Waals surface area contributed by atoms with E-state index in [1.54, 1.807) is 0 Å². The smallest absolute Gasteiger partial charge is 0.201 e. The Morgan fingerprint density at radius 3 is 2.17 bits per heavy atom. The fourth-order valence-electron chi connectivity index (χ4n) is 4.04. The molecule has 2 rings (SSSR count). The van der Waals surface area contributed by atoms with E-state index < -0.39 is 8.32 Å². The quantitative estimate of drug-likeness (QED) is 0.557. The fourth-order valence-corrected chi connectivity index (χ4v) is 9.77. The molecule has 23 heavy (non-hydrogen) atoms. The number of halogens is 1. The van der Waals surface area contributed by atoms with E-state index in [4.69, 9.17) is 9.41 Å². The van der Waals surface area contributed by atoms with Crippen LogP contribution in [-0.2, 0) is 18.1 Å². The highest BCUT2D eigenvalue weighted by molar-refractivity contribution is 9.10. The van der Waals surface area contributed by atoms with E-state index in [-0.39, 0.29) is 0 Å². The zero-order chi connectivity index (χ0) is 17.4. The molecule has 0 saturated heterocycles. The molecule has 0 fully saturated rings. The van der Waals surface area contributed by atoms with Gasteiger partial charge in [0.25, 0.3) is 0 Å². The zero-order valence-electron chi connectivity index (χ0n) is 15.4. The Bertz CT molecular complexity index is 657. The van der Waals surface area contributed by atoms with Crippen LogP contribution in [0.25, 0.3) is 11.0 Å². The first-order valence-corrected chi connectivity index (χ1v) is 11.4. The molecule has 128 valence electrons. The van der Waals surface area contributed by atoms with Crippen molar-refractivity contribution < 1.29 is 4.43 Å². The average molecular weight is 397 g/mol. The molecule has 0 bridgehead atoms. The topological polar surface area (TPSA) is 27.1 Å². The first kappa shape index (κ1) is 18.7. The lowest BCUT2D eigenvalue weighted by molar-refractivity contribution is 0.254. The molecule has 0 aliphatic rings. The highest BCUT2D eigenvalue weighted by Gasteiger charge is 2.45. The molecule has 0 radical (unpaired) electrons. The maximum absolute atomic E-state index is 6.68. The van der Waals surface area contributed by atoms with Crippen molar-refractivity contribution in [1.29, 1.82) is 0 Å². The molecule has 0 amide bonds. The van der Waals surface area contributed by atoms with Crippen molar-refractivity contribution in [3.8, 4) is 0 Å². The van der Waals surface area contributed by atoms with Gasteiger partial charge in [-0.3, -0.25) is 0 Å². The van der Waals surface area contributed by atoms with Crippen LogP contribution in [0.3, 0.4) is 0 Å². The van der Waals surface area contributed by atoms with Crippen LogP contribution in [0.5, 0.6) is 0 Å². The largest absolute Gasteiger partial charge is 0.409 e. The second-order valence-electron chi connectivity index (χ2n) is 7.33.